The summed E-state index contributed by atoms with van der Waals surface area (Å²) in [5.74, 6) is 0.991. The number of rotatable bonds is 8. The van der Waals surface area contributed by atoms with Crippen LogP contribution in [0.1, 0.15) is 5.56 Å². The van der Waals surface area contributed by atoms with Crippen molar-refractivity contribution in [2.75, 3.05) is 26.1 Å². The van der Waals surface area contributed by atoms with Gasteiger partial charge in [-0.25, -0.2) is 0 Å². The Morgan fingerprint density at radius 3 is 2.48 bits per heavy atom. The highest BCUT2D eigenvalue weighted by atomic mass is 16.6. The Morgan fingerprint density at radius 2 is 1.72 bits per heavy atom. The molecule has 3 aromatic rings. The van der Waals surface area contributed by atoms with E-state index in [4.69, 9.17) is 14.3 Å². The minimum Gasteiger partial charge on any atom is -0.497 e. The molecular formula is C23H22N2O4. The first-order valence-corrected chi connectivity index (χ1v) is 9.03. The third-order valence-electron chi connectivity index (χ3n) is 4.18. The van der Waals surface area contributed by atoms with Crippen LogP contribution in [0, 0.1) is 0 Å². The first kappa shape index (κ1) is 19.9. The summed E-state index contributed by atoms with van der Waals surface area (Å²) in [7, 11) is 3.15. The van der Waals surface area contributed by atoms with Gasteiger partial charge in [-0.3, -0.25) is 4.79 Å². The largest absolute Gasteiger partial charge is 0.497 e. The Morgan fingerprint density at radius 1 is 0.966 bits per heavy atom. The Bertz CT molecular complexity index is 987. The fourth-order valence-electron chi connectivity index (χ4n) is 2.78. The Kier molecular flexibility index (Phi) is 6.84. The van der Waals surface area contributed by atoms with Crippen LogP contribution in [-0.4, -0.2) is 32.9 Å². The lowest BCUT2D eigenvalue weighted by Crippen LogP contribution is -2.17. The number of amides is 1. The highest BCUT2D eigenvalue weighted by Crippen LogP contribution is 2.27. The third-order valence-corrected chi connectivity index (χ3v) is 4.18. The molecule has 3 aromatic carbocycles. The number of anilines is 1. The zero-order valence-electron chi connectivity index (χ0n) is 16.3. The first-order chi connectivity index (χ1) is 14.2. The second kappa shape index (κ2) is 9.94. The van der Waals surface area contributed by atoms with Gasteiger partial charge >= 0.3 is 0 Å². The molecular weight excluding hydrogens is 368 g/mol. The molecule has 0 unspecified atom stereocenters. The SMILES string of the molecule is COc1ccc(OC)c(/C=N\OCC(=O)Nc2ccccc2-c2ccccc2)c1. The molecule has 6 heteroatoms. The van der Waals surface area contributed by atoms with Crippen molar-refractivity contribution in [1.82, 2.24) is 0 Å². The number of oxime groups is 1. The van der Waals surface area contributed by atoms with Gasteiger partial charge in [0.25, 0.3) is 5.91 Å². The van der Waals surface area contributed by atoms with E-state index in [-0.39, 0.29) is 12.5 Å². The smallest absolute Gasteiger partial charge is 0.265 e. The van der Waals surface area contributed by atoms with Crippen LogP contribution in [0.4, 0.5) is 5.69 Å². The molecule has 3 rings (SSSR count). The van der Waals surface area contributed by atoms with E-state index in [9.17, 15) is 4.79 Å². The first-order valence-electron chi connectivity index (χ1n) is 9.03. The summed E-state index contributed by atoms with van der Waals surface area (Å²) in [5, 5.41) is 6.73. The maximum Gasteiger partial charge on any atom is 0.265 e. The number of para-hydroxylation sites is 1. The van der Waals surface area contributed by atoms with E-state index in [0.29, 0.717) is 22.7 Å². The summed E-state index contributed by atoms with van der Waals surface area (Å²) in [6, 6.07) is 22.8. The number of nitrogens with one attached hydrogen (secondary N) is 1. The second-order valence-corrected chi connectivity index (χ2v) is 6.08. The van der Waals surface area contributed by atoms with Gasteiger partial charge in [0, 0.05) is 16.8 Å². The summed E-state index contributed by atoms with van der Waals surface area (Å²) >= 11 is 0. The quantitative estimate of drug-likeness (QED) is 0.458. The van der Waals surface area contributed by atoms with Crippen molar-refractivity contribution in [1.29, 1.82) is 0 Å². The van der Waals surface area contributed by atoms with Crippen LogP contribution in [0.3, 0.4) is 0 Å². The van der Waals surface area contributed by atoms with Crippen LogP contribution in [0.5, 0.6) is 11.5 Å². The van der Waals surface area contributed by atoms with Crippen LogP contribution in [0.15, 0.2) is 78.0 Å². The zero-order valence-corrected chi connectivity index (χ0v) is 16.3. The van der Waals surface area contributed by atoms with Crippen molar-refractivity contribution in [3.63, 3.8) is 0 Å². The normalized spacial score (nSPS) is 10.6. The topological polar surface area (TPSA) is 69.1 Å². The van der Waals surface area contributed by atoms with Crippen molar-refractivity contribution >= 4 is 17.8 Å². The van der Waals surface area contributed by atoms with Gasteiger partial charge in [0.15, 0.2) is 6.61 Å². The van der Waals surface area contributed by atoms with Gasteiger partial charge in [-0.05, 0) is 29.8 Å². The Balaban J connectivity index is 1.61. The van der Waals surface area contributed by atoms with E-state index in [1.165, 1.54) is 6.21 Å². The van der Waals surface area contributed by atoms with E-state index in [1.807, 2.05) is 54.6 Å². The molecule has 0 saturated heterocycles. The molecule has 0 aliphatic carbocycles. The molecule has 0 atom stereocenters. The van der Waals surface area contributed by atoms with Crippen LogP contribution in [0.25, 0.3) is 11.1 Å². The van der Waals surface area contributed by atoms with E-state index in [2.05, 4.69) is 10.5 Å². The number of ether oxygens (including phenoxy) is 2. The van der Waals surface area contributed by atoms with Gasteiger partial charge in [0.2, 0.25) is 0 Å². The predicted molar refractivity (Wildman–Crippen MR) is 114 cm³/mol. The van der Waals surface area contributed by atoms with E-state index in [0.717, 1.165) is 11.1 Å². The van der Waals surface area contributed by atoms with Crippen molar-refractivity contribution in [2.24, 2.45) is 5.16 Å². The lowest BCUT2D eigenvalue weighted by atomic mass is 10.0. The van der Waals surface area contributed by atoms with Crippen LogP contribution >= 0.6 is 0 Å². The van der Waals surface area contributed by atoms with Gasteiger partial charge in [-0.1, -0.05) is 53.7 Å². The molecule has 0 radical (unpaired) electrons. The molecule has 1 amide bonds. The lowest BCUT2D eigenvalue weighted by molar-refractivity contribution is -0.120. The number of carbonyl (C=O) groups excluding carboxylic acids is 1. The van der Waals surface area contributed by atoms with Crippen molar-refractivity contribution in [3.05, 3.63) is 78.4 Å². The number of hydrogen-bond donors (Lipinski definition) is 1. The van der Waals surface area contributed by atoms with Crippen LogP contribution in [0.2, 0.25) is 0 Å². The molecule has 0 spiro atoms. The van der Waals surface area contributed by atoms with Crippen molar-refractivity contribution < 1.29 is 19.1 Å². The van der Waals surface area contributed by atoms with E-state index >= 15 is 0 Å². The monoisotopic (exact) mass is 390 g/mol. The fraction of sp³-hybridized carbons (Fsp3) is 0.130. The van der Waals surface area contributed by atoms with Crippen LogP contribution in [-0.2, 0) is 9.63 Å². The average molecular weight is 390 g/mol. The van der Waals surface area contributed by atoms with Crippen molar-refractivity contribution in [2.45, 2.75) is 0 Å². The molecule has 0 aliphatic heterocycles. The molecule has 29 heavy (non-hydrogen) atoms. The Hall–Kier alpha value is -3.80. The van der Waals surface area contributed by atoms with Gasteiger partial charge in [0.1, 0.15) is 11.5 Å². The molecule has 0 fully saturated rings. The molecule has 0 bridgehead atoms. The van der Waals surface area contributed by atoms with Gasteiger partial charge in [-0.2, -0.15) is 0 Å². The summed E-state index contributed by atoms with van der Waals surface area (Å²) in [6.45, 7) is -0.216. The standard InChI is InChI=1S/C23H22N2O4/c1-27-19-12-13-22(28-2)18(14-19)15-24-29-16-23(26)25-21-11-7-6-10-20(21)17-8-4-3-5-9-17/h3-15H,16H2,1-2H3,(H,25,26)/b24-15-. The maximum absolute atomic E-state index is 12.3. The fourth-order valence-corrected chi connectivity index (χ4v) is 2.78. The minimum atomic E-state index is -0.303. The summed E-state index contributed by atoms with van der Waals surface area (Å²) < 4.78 is 10.5. The van der Waals surface area contributed by atoms with E-state index in [1.54, 1.807) is 32.4 Å². The minimum absolute atomic E-state index is 0.216. The molecule has 0 aliphatic rings. The number of nitrogens with zero attached hydrogens (tertiary/aromatic N) is 1. The number of benzene rings is 3. The number of hydrogen-bond acceptors (Lipinski definition) is 5. The van der Waals surface area contributed by atoms with Gasteiger partial charge in [0.05, 0.1) is 20.4 Å². The third kappa shape index (κ3) is 5.35. The summed E-state index contributed by atoms with van der Waals surface area (Å²) in [4.78, 5) is 17.4. The molecule has 6 nitrogen and oxygen atoms in total. The predicted octanol–water partition coefficient (Wildman–Crippen LogP) is 4.36. The second-order valence-electron chi connectivity index (χ2n) is 6.08. The average Bonchev–Trinajstić information content (AvgIpc) is 2.77. The van der Waals surface area contributed by atoms with Gasteiger partial charge in [-0.15, -0.1) is 0 Å². The maximum atomic E-state index is 12.3. The summed E-state index contributed by atoms with van der Waals surface area (Å²) in [5.41, 5.74) is 3.35. The lowest BCUT2D eigenvalue weighted by Gasteiger charge is -2.11. The molecule has 0 heterocycles. The Labute approximate surface area is 169 Å². The molecule has 0 saturated carbocycles. The zero-order chi connectivity index (χ0) is 20.5. The molecule has 148 valence electrons. The van der Waals surface area contributed by atoms with Crippen molar-refractivity contribution in [3.8, 4) is 22.6 Å². The number of methoxy groups -OCH3 is 2. The highest BCUT2D eigenvalue weighted by molar-refractivity contribution is 5.96. The highest BCUT2D eigenvalue weighted by Gasteiger charge is 2.08. The summed E-state index contributed by atoms with van der Waals surface area (Å²) in [6.07, 6.45) is 1.48. The number of carbonyl (C=O) groups is 1. The van der Waals surface area contributed by atoms with Gasteiger partial charge < -0.3 is 19.6 Å². The van der Waals surface area contributed by atoms with Crippen LogP contribution < -0.4 is 14.8 Å². The van der Waals surface area contributed by atoms with E-state index < -0.39 is 0 Å². The molecule has 1 N–H and O–H groups in total. The molecule has 0 aromatic heterocycles.